The van der Waals surface area contributed by atoms with Crippen molar-refractivity contribution in [1.29, 1.82) is 0 Å². The third-order valence-corrected chi connectivity index (χ3v) is 7.86. The van der Waals surface area contributed by atoms with Crippen LogP contribution in [0.25, 0.3) is 10.9 Å². The quantitative estimate of drug-likeness (QED) is 0.503. The smallest absolute Gasteiger partial charge is 0.244 e. The van der Waals surface area contributed by atoms with Gasteiger partial charge in [-0.15, -0.1) is 0 Å². The predicted molar refractivity (Wildman–Crippen MR) is 122 cm³/mol. The van der Waals surface area contributed by atoms with Gasteiger partial charge in [-0.05, 0) is 60.4 Å². The zero-order valence-corrected chi connectivity index (χ0v) is 18.3. The molecule has 0 amide bonds. The zero-order chi connectivity index (χ0) is 21.6. The molecule has 1 aliphatic heterocycles. The zero-order valence-electron chi connectivity index (χ0n) is 17.5. The Balaban J connectivity index is 1.72. The number of fused-ring (bicyclic) bond motifs is 3. The number of aromatic nitrogens is 1. The Morgan fingerprint density at radius 1 is 1.00 bits per heavy atom. The molecule has 0 bridgehead atoms. The molecule has 158 valence electrons. The molecule has 0 fully saturated rings. The topological polar surface area (TPSA) is 62.4 Å². The van der Waals surface area contributed by atoms with E-state index in [0.29, 0.717) is 23.6 Å². The summed E-state index contributed by atoms with van der Waals surface area (Å²) in [6, 6.07) is 22.5. The van der Waals surface area contributed by atoms with Crippen LogP contribution in [0, 0.1) is 6.92 Å². The first-order valence-corrected chi connectivity index (χ1v) is 11.7. The standard InChI is InChI=1S/C25H24N2O3S/c1-17-7-5-10-20(15-17)31(28,29)27-14-13-22-21-11-3-4-12-23(21)26-24(22)25(27)18-8-6-9-19(16-18)30-2/h3-12,15-16,25-26H,13-14H2,1-2H3. The average molecular weight is 433 g/mol. The predicted octanol–water partition coefficient (Wildman–Crippen LogP) is 4.82. The molecule has 3 aromatic carbocycles. The molecule has 0 saturated heterocycles. The minimum atomic E-state index is -3.71. The lowest BCUT2D eigenvalue weighted by Gasteiger charge is -2.35. The van der Waals surface area contributed by atoms with Crippen molar-refractivity contribution >= 4 is 20.9 Å². The Morgan fingerprint density at radius 3 is 2.61 bits per heavy atom. The van der Waals surface area contributed by atoms with Gasteiger partial charge in [-0.1, -0.05) is 42.5 Å². The van der Waals surface area contributed by atoms with Crippen molar-refractivity contribution in [2.24, 2.45) is 0 Å². The van der Waals surface area contributed by atoms with Gasteiger partial charge < -0.3 is 9.72 Å². The highest BCUT2D eigenvalue weighted by atomic mass is 32.2. The number of ether oxygens (including phenoxy) is 1. The van der Waals surface area contributed by atoms with Crippen LogP contribution < -0.4 is 4.74 Å². The van der Waals surface area contributed by atoms with Gasteiger partial charge in [0.2, 0.25) is 10.0 Å². The fourth-order valence-electron chi connectivity index (χ4n) is 4.53. The fourth-order valence-corrected chi connectivity index (χ4v) is 6.23. The highest BCUT2D eigenvalue weighted by molar-refractivity contribution is 7.89. The number of hydrogen-bond donors (Lipinski definition) is 1. The molecule has 5 rings (SSSR count). The van der Waals surface area contributed by atoms with Crippen molar-refractivity contribution in [3.05, 3.63) is 95.2 Å². The largest absolute Gasteiger partial charge is 0.497 e. The van der Waals surface area contributed by atoms with Crippen LogP contribution >= 0.6 is 0 Å². The van der Waals surface area contributed by atoms with Crippen LogP contribution in [0.2, 0.25) is 0 Å². The Hall–Kier alpha value is -3.09. The maximum atomic E-state index is 13.8. The molecular formula is C25H24N2O3S. The molecule has 0 radical (unpaired) electrons. The summed E-state index contributed by atoms with van der Waals surface area (Å²) < 4.78 is 34.6. The Labute approximate surface area is 182 Å². The number of nitrogens with one attached hydrogen (secondary N) is 1. The normalized spacial score (nSPS) is 16.9. The molecule has 1 N–H and O–H groups in total. The van der Waals surface area contributed by atoms with Gasteiger partial charge in [0.25, 0.3) is 0 Å². The van der Waals surface area contributed by atoms with Crippen LogP contribution in [-0.2, 0) is 16.4 Å². The number of rotatable bonds is 4. The first-order valence-electron chi connectivity index (χ1n) is 10.3. The summed E-state index contributed by atoms with van der Waals surface area (Å²) in [6.45, 7) is 2.32. The molecular weight excluding hydrogens is 408 g/mol. The van der Waals surface area contributed by atoms with E-state index in [2.05, 4.69) is 11.1 Å². The minimum Gasteiger partial charge on any atom is -0.497 e. The molecule has 1 unspecified atom stereocenters. The van der Waals surface area contributed by atoms with Gasteiger partial charge in [-0.25, -0.2) is 8.42 Å². The number of aromatic amines is 1. The van der Waals surface area contributed by atoms with Gasteiger partial charge in [0.05, 0.1) is 18.0 Å². The number of benzene rings is 3. The number of H-pyrrole nitrogens is 1. The summed E-state index contributed by atoms with van der Waals surface area (Å²) >= 11 is 0. The number of aryl methyl sites for hydroxylation is 1. The number of sulfonamides is 1. The first kappa shape index (κ1) is 19.8. The van der Waals surface area contributed by atoms with Crippen molar-refractivity contribution in [1.82, 2.24) is 9.29 Å². The minimum absolute atomic E-state index is 0.319. The van der Waals surface area contributed by atoms with E-state index < -0.39 is 16.1 Å². The van der Waals surface area contributed by atoms with Crippen molar-refractivity contribution in [3.63, 3.8) is 0 Å². The van der Waals surface area contributed by atoms with E-state index in [0.717, 1.165) is 27.7 Å². The van der Waals surface area contributed by atoms with Crippen LogP contribution in [0.4, 0.5) is 0 Å². The summed E-state index contributed by atoms with van der Waals surface area (Å²) in [5, 5.41) is 1.15. The second kappa shape index (κ2) is 7.55. The fraction of sp³-hybridized carbons (Fsp3) is 0.200. The van der Waals surface area contributed by atoms with Crippen LogP contribution in [-0.4, -0.2) is 31.4 Å². The van der Waals surface area contributed by atoms with Gasteiger partial charge >= 0.3 is 0 Å². The summed E-state index contributed by atoms with van der Waals surface area (Å²) in [5.74, 6) is 0.702. The lowest BCUT2D eigenvalue weighted by Crippen LogP contribution is -2.40. The van der Waals surface area contributed by atoms with Gasteiger partial charge in [-0.2, -0.15) is 4.31 Å². The lowest BCUT2D eigenvalue weighted by atomic mass is 9.94. The van der Waals surface area contributed by atoms with Crippen molar-refractivity contribution < 1.29 is 13.2 Å². The number of para-hydroxylation sites is 1. The monoisotopic (exact) mass is 432 g/mol. The number of nitrogens with zero attached hydrogens (tertiary/aromatic N) is 1. The maximum Gasteiger partial charge on any atom is 0.244 e. The summed E-state index contributed by atoms with van der Waals surface area (Å²) in [7, 11) is -2.09. The third-order valence-electron chi connectivity index (χ3n) is 6.00. The van der Waals surface area contributed by atoms with Gasteiger partial charge in [-0.3, -0.25) is 0 Å². The van der Waals surface area contributed by atoms with E-state index in [1.165, 1.54) is 5.56 Å². The molecule has 0 spiro atoms. The molecule has 1 aromatic heterocycles. The molecule has 31 heavy (non-hydrogen) atoms. The van der Waals surface area contributed by atoms with E-state index in [4.69, 9.17) is 4.74 Å². The Bertz CT molecular complexity index is 1370. The molecule has 2 heterocycles. The summed E-state index contributed by atoms with van der Waals surface area (Å²) in [4.78, 5) is 3.84. The van der Waals surface area contributed by atoms with Crippen molar-refractivity contribution in [2.75, 3.05) is 13.7 Å². The number of hydrogen-bond acceptors (Lipinski definition) is 3. The van der Waals surface area contributed by atoms with Gasteiger partial charge in [0, 0.05) is 23.1 Å². The van der Waals surface area contributed by atoms with Crippen LogP contribution in [0.1, 0.15) is 28.4 Å². The summed E-state index contributed by atoms with van der Waals surface area (Å²) in [5.41, 5.74) is 4.93. The SMILES string of the molecule is COc1cccc(C2c3[nH]c4ccccc4c3CCN2S(=O)(=O)c2cccc(C)c2)c1. The van der Waals surface area contributed by atoms with Crippen molar-refractivity contribution in [2.45, 2.75) is 24.3 Å². The van der Waals surface area contributed by atoms with Crippen LogP contribution in [0.3, 0.4) is 0 Å². The van der Waals surface area contributed by atoms with Crippen LogP contribution in [0.15, 0.2) is 77.7 Å². The van der Waals surface area contributed by atoms with E-state index in [-0.39, 0.29) is 0 Å². The van der Waals surface area contributed by atoms with Gasteiger partial charge in [0.1, 0.15) is 5.75 Å². The van der Waals surface area contributed by atoms with E-state index >= 15 is 0 Å². The molecule has 1 atom stereocenters. The molecule has 6 heteroatoms. The van der Waals surface area contributed by atoms with Crippen molar-refractivity contribution in [3.8, 4) is 5.75 Å². The highest BCUT2D eigenvalue weighted by Crippen LogP contribution is 2.41. The molecule has 0 aliphatic carbocycles. The second-order valence-corrected chi connectivity index (χ2v) is 9.81. The van der Waals surface area contributed by atoms with E-state index in [1.54, 1.807) is 29.6 Å². The van der Waals surface area contributed by atoms with E-state index in [9.17, 15) is 8.42 Å². The third kappa shape index (κ3) is 3.32. The second-order valence-electron chi connectivity index (χ2n) is 7.92. The Kier molecular flexibility index (Phi) is 4.84. The highest BCUT2D eigenvalue weighted by Gasteiger charge is 2.39. The maximum absolute atomic E-state index is 13.8. The van der Waals surface area contributed by atoms with E-state index in [1.807, 2.05) is 55.5 Å². The summed E-state index contributed by atoms with van der Waals surface area (Å²) in [6.07, 6.45) is 0.658. The number of methoxy groups -OCH3 is 1. The van der Waals surface area contributed by atoms with Gasteiger partial charge in [0.15, 0.2) is 0 Å². The molecule has 5 nitrogen and oxygen atoms in total. The molecule has 1 aliphatic rings. The molecule has 4 aromatic rings. The first-order chi connectivity index (χ1) is 15.0. The molecule has 0 saturated carbocycles. The average Bonchev–Trinajstić information content (AvgIpc) is 3.17. The Morgan fingerprint density at radius 2 is 1.81 bits per heavy atom. The van der Waals surface area contributed by atoms with Crippen LogP contribution in [0.5, 0.6) is 5.75 Å². The lowest BCUT2D eigenvalue weighted by molar-refractivity contribution is 0.339.